The van der Waals surface area contributed by atoms with Gasteiger partial charge >= 0.3 is 5.97 Å². The van der Waals surface area contributed by atoms with E-state index in [1.54, 1.807) is 0 Å². The Hall–Kier alpha value is -2.71. The van der Waals surface area contributed by atoms with Crippen LogP contribution in [0.5, 0.6) is 0 Å². The summed E-state index contributed by atoms with van der Waals surface area (Å²) in [5.74, 6) is -1.17. The lowest BCUT2D eigenvalue weighted by molar-refractivity contribution is -0.124. The molecule has 0 atom stereocenters. The highest BCUT2D eigenvalue weighted by Gasteiger charge is 2.17. The second-order valence-electron chi connectivity index (χ2n) is 6.53. The third-order valence-corrected chi connectivity index (χ3v) is 5.69. The van der Waals surface area contributed by atoms with Crippen LogP contribution in [0.15, 0.2) is 53.4 Å². The highest BCUT2D eigenvalue weighted by Crippen LogP contribution is 2.12. The Morgan fingerprint density at radius 1 is 1.03 bits per heavy atom. The molecule has 2 rings (SSSR count). The van der Waals surface area contributed by atoms with Crippen LogP contribution in [0.25, 0.3) is 0 Å². The Bertz CT molecular complexity index is 957. The van der Waals surface area contributed by atoms with E-state index in [0.29, 0.717) is 25.9 Å². The second-order valence-corrected chi connectivity index (χ2v) is 8.30. The Balaban J connectivity index is 1.85. The van der Waals surface area contributed by atoms with Crippen LogP contribution in [0.3, 0.4) is 0 Å². The average molecular weight is 419 g/mol. The zero-order valence-corrected chi connectivity index (χ0v) is 17.4. The summed E-state index contributed by atoms with van der Waals surface area (Å²) in [5, 5.41) is 2.70. The summed E-state index contributed by atoms with van der Waals surface area (Å²) in [4.78, 5) is 24.0. The van der Waals surface area contributed by atoms with E-state index in [9.17, 15) is 18.0 Å². The van der Waals surface area contributed by atoms with E-state index >= 15 is 0 Å². The summed E-state index contributed by atoms with van der Waals surface area (Å²) < 4.78 is 31.8. The van der Waals surface area contributed by atoms with Gasteiger partial charge in [-0.15, -0.1) is 0 Å². The zero-order valence-electron chi connectivity index (χ0n) is 16.6. The molecule has 0 aromatic heterocycles. The topological polar surface area (TPSA) is 102 Å². The van der Waals surface area contributed by atoms with Crippen LogP contribution in [0.1, 0.15) is 34.8 Å². The van der Waals surface area contributed by atoms with Crippen molar-refractivity contribution in [1.82, 2.24) is 10.0 Å². The van der Waals surface area contributed by atoms with E-state index in [-0.39, 0.29) is 10.5 Å². The minimum absolute atomic E-state index is 0.0249. The third-order valence-electron chi connectivity index (χ3n) is 4.23. The summed E-state index contributed by atoms with van der Waals surface area (Å²) in [6.07, 6.45) is 1.33. The Morgan fingerprint density at radius 3 is 2.52 bits per heavy atom. The molecule has 0 fully saturated rings. The van der Waals surface area contributed by atoms with Crippen molar-refractivity contribution in [3.8, 4) is 0 Å². The van der Waals surface area contributed by atoms with Crippen LogP contribution in [-0.4, -0.2) is 40.0 Å². The number of hydrogen-bond acceptors (Lipinski definition) is 5. The molecule has 0 aliphatic heterocycles. The van der Waals surface area contributed by atoms with E-state index in [1.165, 1.54) is 24.3 Å². The van der Waals surface area contributed by atoms with Gasteiger partial charge in [-0.05, 0) is 49.1 Å². The summed E-state index contributed by atoms with van der Waals surface area (Å²) in [7, 11) is -3.69. The predicted octanol–water partition coefficient (Wildman–Crippen LogP) is 2.20. The molecule has 1 amide bonds. The van der Waals surface area contributed by atoms with Gasteiger partial charge in [-0.2, -0.15) is 0 Å². The van der Waals surface area contributed by atoms with Gasteiger partial charge in [0, 0.05) is 13.1 Å². The van der Waals surface area contributed by atoms with Crippen molar-refractivity contribution in [3.05, 3.63) is 65.2 Å². The van der Waals surface area contributed by atoms with Crippen LogP contribution >= 0.6 is 0 Å². The quantitative estimate of drug-likeness (QED) is 0.576. The number of hydrogen-bond donors (Lipinski definition) is 2. The van der Waals surface area contributed by atoms with Gasteiger partial charge in [0.25, 0.3) is 5.91 Å². The molecular formula is C21H26N2O5S. The lowest BCUT2D eigenvalue weighted by Gasteiger charge is -2.09. The van der Waals surface area contributed by atoms with Crippen molar-refractivity contribution >= 4 is 21.9 Å². The van der Waals surface area contributed by atoms with Crippen molar-refractivity contribution in [3.63, 3.8) is 0 Å². The van der Waals surface area contributed by atoms with E-state index in [0.717, 1.165) is 11.1 Å². The number of rotatable bonds is 10. The largest absolute Gasteiger partial charge is 0.452 e. The average Bonchev–Trinajstić information content (AvgIpc) is 2.72. The fourth-order valence-corrected chi connectivity index (χ4v) is 3.78. The van der Waals surface area contributed by atoms with Gasteiger partial charge in [0.1, 0.15) is 0 Å². The number of aryl methyl sites for hydroxylation is 1. The number of amides is 1. The number of nitrogens with one attached hydrogen (secondary N) is 2. The van der Waals surface area contributed by atoms with Crippen molar-refractivity contribution in [2.24, 2.45) is 0 Å². The monoisotopic (exact) mass is 418 g/mol. The first-order chi connectivity index (χ1) is 13.8. The Labute approximate surface area is 171 Å². The molecule has 0 bridgehead atoms. The smallest absolute Gasteiger partial charge is 0.338 e. The molecule has 2 N–H and O–H groups in total. The van der Waals surface area contributed by atoms with Crippen LogP contribution in [0, 0.1) is 6.92 Å². The summed E-state index contributed by atoms with van der Waals surface area (Å²) >= 11 is 0. The molecule has 2 aromatic rings. The number of esters is 1. The lowest BCUT2D eigenvalue weighted by Crippen LogP contribution is -2.30. The molecule has 0 radical (unpaired) electrons. The Morgan fingerprint density at radius 2 is 1.79 bits per heavy atom. The van der Waals surface area contributed by atoms with Crippen molar-refractivity contribution in [2.45, 2.75) is 31.6 Å². The van der Waals surface area contributed by atoms with Crippen LogP contribution < -0.4 is 10.0 Å². The molecule has 0 unspecified atom stereocenters. The first-order valence-corrected chi connectivity index (χ1v) is 10.9. The van der Waals surface area contributed by atoms with E-state index in [4.69, 9.17) is 4.74 Å². The van der Waals surface area contributed by atoms with E-state index in [2.05, 4.69) is 10.0 Å². The SMILES string of the molecule is CCCNS(=O)(=O)c1cccc(C(=O)OCC(=O)NCCc2ccccc2C)c1. The third kappa shape index (κ3) is 6.99. The first kappa shape index (κ1) is 22.6. The molecule has 2 aromatic carbocycles. The number of ether oxygens (including phenoxy) is 1. The summed E-state index contributed by atoms with van der Waals surface area (Å²) in [6.45, 7) is 4.16. The minimum atomic E-state index is -3.69. The molecule has 0 aliphatic carbocycles. The van der Waals surface area contributed by atoms with Gasteiger partial charge in [-0.1, -0.05) is 37.3 Å². The van der Waals surface area contributed by atoms with E-state index < -0.39 is 28.5 Å². The van der Waals surface area contributed by atoms with Crippen LogP contribution in [0.4, 0.5) is 0 Å². The maximum atomic E-state index is 12.2. The maximum absolute atomic E-state index is 12.2. The van der Waals surface area contributed by atoms with Gasteiger partial charge in [0.15, 0.2) is 6.61 Å². The molecule has 156 valence electrons. The molecule has 0 saturated carbocycles. The van der Waals surface area contributed by atoms with Gasteiger partial charge in [-0.25, -0.2) is 17.9 Å². The molecule has 29 heavy (non-hydrogen) atoms. The number of carbonyl (C=O) groups excluding carboxylic acids is 2. The molecule has 0 saturated heterocycles. The summed E-state index contributed by atoms with van der Waals surface area (Å²) in [6, 6.07) is 13.4. The number of carbonyl (C=O) groups is 2. The fourth-order valence-electron chi connectivity index (χ4n) is 2.60. The van der Waals surface area contributed by atoms with Gasteiger partial charge in [0.2, 0.25) is 10.0 Å². The number of sulfonamides is 1. The molecule has 7 nitrogen and oxygen atoms in total. The lowest BCUT2D eigenvalue weighted by atomic mass is 10.1. The predicted molar refractivity (Wildman–Crippen MR) is 110 cm³/mol. The van der Waals surface area contributed by atoms with Gasteiger partial charge in [-0.3, -0.25) is 4.79 Å². The van der Waals surface area contributed by atoms with Crippen molar-refractivity contribution in [1.29, 1.82) is 0 Å². The highest BCUT2D eigenvalue weighted by atomic mass is 32.2. The van der Waals surface area contributed by atoms with Gasteiger partial charge < -0.3 is 10.1 Å². The molecule has 0 heterocycles. The van der Waals surface area contributed by atoms with Crippen LogP contribution in [-0.2, 0) is 26.0 Å². The number of benzene rings is 2. The second kappa shape index (κ2) is 10.7. The fraction of sp³-hybridized carbons (Fsp3) is 0.333. The van der Waals surface area contributed by atoms with Crippen molar-refractivity contribution < 1.29 is 22.7 Å². The Kier molecular flexibility index (Phi) is 8.35. The summed E-state index contributed by atoms with van der Waals surface area (Å²) in [5.41, 5.74) is 2.35. The first-order valence-electron chi connectivity index (χ1n) is 9.41. The van der Waals surface area contributed by atoms with Crippen LogP contribution in [0.2, 0.25) is 0 Å². The molecule has 0 aliphatic rings. The standard InChI is InChI=1S/C21H26N2O5S/c1-3-12-23-29(26,27)19-10-6-9-18(14-19)21(25)28-15-20(24)22-13-11-17-8-5-4-7-16(17)2/h4-10,14,23H,3,11-13,15H2,1-2H3,(H,22,24). The normalized spacial score (nSPS) is 11.1. The zero-order chi connectivity index (χ0) is 21.3. The maximum Gasteiger partial charge on any atom is 0.338 e. The highest BCUT2D eigenvalue weighted by molar-refractivity contribution is 7.89. The molecular weight excluding hydrogens is 392 g/mol. The minimum Gasteiger partial charge on any atom is -0.452 e. The van der Waals surface area contributed by atoms with Gasteiger partial charge in [0.05, 0.1) is 10.5 Å². The van der Waals surface area contributed by atoms with E-state index in [1.807, 2.05) is 38.1 Å². The van der Waals surface area contributed by atoms with Crippen molar-refractivity contribution in [2.75, 3.05) is 19.7 Å². The molecule has 0 spiro atoms. The molecule has 8 heteroatoms.